The Hall–Kier alpha value is -2.22. The van der Waals surface area contributed by atoms with Gasteiger partial charge in [0, 0.05) is 48.2 Å². The summed E-state index contributed by atoms with van der Waals surface area (Å²) in [5.74, 6) is 0.665. The molecule has 0 radical (unpaired) electrons. The van der Waals surface area contributed by atoms with Crippen molar-refractivity contribution < 1.29 is 9.59 Å². The molecule has 206 valence electrons. The summed E-state index contributed by atoms with van der Waals surface area (Å²) in [5, 5.41) is 5.45. The van der Waals surface area contributed by atoms with E-state index in [1.54, 1.807) is 11.3 Å². The Morgan fingerprint density at radius 2 is 1.76 bits per heavy atom. The topological polar surface area (TPSA) is 78.7 Å². The smallest absolute Gasteiger partial charge is 0.254 e. The Morgan fingerprint density at radius 3 is 2.45 bits per heavy atom. The second-order valence-corrected chi connectivity index (χ2v) is 12.9. The molecule has 2 heterocycles. The van der Waals surface area contributed by atoms with E-state index in [-0.39, 0.29) is 29.9 Å². The van der Waals surface area contributed by atoms with Gasteiger partial charge < -0.3 is 16.0 Å². The average molecular weight is 537 g/mol. The van der Waals surface area contributed by atoms with Gasteiger partial charge in [0.1, 0.15) is 6.04 Å². The van der Waals surface area contributed by atoms with Crippen LogP contribution >= 0.6 is 11.3 Å². The van der Waals surface area contributed by atoms with E-state index in [4.69, 9.17) is 5.73 Å². The molecule has 2 aromatic rings. The summed E-state index contributed by atoms with van der Waals surface area (Å²) < 4.78 is 0. The first-order valence-electron chi connectivity index (χ1n) is 14.7. The fourth-order valence-electron chi connectivity index (χ4n) is 6.62. The van der Waals surface area contributed by atoms with Crippen LogP contribution in [0.1, 0.15) is 85.0 Å². The molecular formula is C31H44N4O2S. The lowest BCUT2D eigenvalue weighted by molar-refractivity contribution is -0.125. The number of nitrogens with two attached hydrogens (primary N) is 1. The zero-order chi connectivity index (χ0) is 26.5. The van der Waals surface area contributed by atoms with E-state index in [2.05, 4.69) is 27.7 Å². The van der Waals surface area contributed by atoms with Crippen molar-refractivity contribution in [3.63, 3.8) is 0 Å². The molecule has 6 nitrogen and oxygen atoms in total. The van der Waals surface area contributed by atoms with Gasteiger partial charge in [0.2, 0.25) is 5.91 Å². The van der Waals surface area contributed by atoms with Gasteiger partial charge >= 0.3 is 0 Å². The first-order valence-corrected chi connectivity index (χ1v) is 15.5. The second kappa shape index (κ2) is 12.8. The van der Waals surface area contributed by atoms with E-state index < -0.39 is 6.04 Å². The zero-order valence-electron chi connectivity index (χ0n) is 22.8. The number of nitrogens with one attached hydrogen (secondary N) is 1. The van der Waals surface area contributed by atoms with Crippen molar-refractivity contribution in [3.05, 3.63) is 57.8 Å². The fourth-order valence-corrected chi connectivity index (χ4v) is 7.35. The number of carbonyl (C=O) groups is 2. The maximum atomic E-state index is 13.8. The summed E-state index contributed by atoms with van der Waals surface area (Å²) >= 11 is 1.80. The van der Waals surface area contributed by atoms with Crippen molar-refractivity contribution in [2.75, 3.05) is 13.1 Å². The van der Waals surface area contributed by atoms with Crippen molar-refractivity contribution in [3.8, 4) is 0 Å². The van der Waals surface area contributed by atoms with Gasteiger partial charge in [0.25, 0.3) is 5.91 Å². The summed E-state index contributed by atoms with van der Waals surface area (Å²) in [5.41, 5.74) is 7.89. The van der Waals surface area contributed by atoms with Crippen molar-refractivity contribution in [2.45, 2.75) is 102 Å². The van der Waals surface area contributed by atoms with Crippen LogP contribution in [0.5, 0.6) is 0 Å². The molecule has 1 aromatic carbocycles. The number of nitrogens with zero attached hydrogens (tertiary/aromatic N) is 2. The highest BCUT2D eigenvalue weighted by atomic mass is 32.1. The molecule has 2 saturated carbocycles. The molecule has 3 aliphatic rings. The number of benzene rings is 1. The van der Waals surface area contributed by atoms with Crippen molar-refractivity contribution >= 4 is 23.2 Å². The van der Waals surface area contributed by atoms with Gasteiger partial charge in [-0.3, -0.25) is 14.5 Å². The van der Waals surface area contributed by atoms with Gasteiger partial charge in [-0.2, -0.15) is 0 Å². The number of likely N-dealkylation sites (tertiary alicyclic amines) is 1. The number of hydrogen-bond donors (Lipinski definition) is 2. The highest BCUT2D eigenvalue weighted by Gasteiger charge is 2.43. The number of hydrogen-bond acceptors (Lipinski definition) is 5. The van der Waals surface area contributed by atoms with E-state index in [9.17, 15) is 9.59 Å². The Morgan fingerprint density at radius 1 is 1.03 bits per heavy atom. The molecule has 7 heteroatoms. The Balaban J connectivity index is 1.36. The van der Waals surface area contributed by atoms with Crippen LogP contribution in [0.4, 0.5) is 0 Å². The summed E-state index contributed by atoms with van der Waals surface area (Å²) in [6.45, 7) is 4.56. The van der Waals surface area contributed by atoms with Crippen LogP contribution in [0.3, 0.4) is 0 Å². The predicted molar refractivity (Wildman–Crippen MR) is 154 cm³/mol. The van der Waals surface area contributed by atoms with E-state index in [0.717, 1.165) is 44.3 Å². The lowest BCUT2D eigenvalue weighted by atomic mass is 9.88. The third-order valence-corrected chi connectivity index (χ3v) is 9.79. The SMILES string of the molecule is Cc1ccc(C(=O)N2CC(N(Cc3cccs3)CC3CCCCC3)CC2C(=O)NC2CCC(N)CC2)cc1. The van der Waals surface area contributed by atoms with Crippen LogP contribution in [0.25, 0.3) is 0 Å². The Bertz CT molecular complexity index is 1040. The molecule has 1 aliphatic heterocycles. The first kappa shape index (κ1) is 27.4. The Kier molecular flexibility index (Phi) is 9.18. The maximum Gasteiger partial charge on any atom is 0.254 e. The van der Waals surface area contributed by atoms with Crippen LogP contribution in [0.15, 0.2) is 41.8 Å². The first-order chi connectivity index (χ1) is 18.5. The molecule has 0 spiro atoms. The predicted octanol–water partition coefficient (Wildman–Crippen LogP) is 5.11. The zero-order valence-corrected chi connectivity index (χ0v) is 23.6. The van der Waals surface area contributed by atoms with E-state index in [0.29, 0.717) is 24.4 Å². The summed E-state index contributed by atoms with van der Waals surface area (Å²) in [6, 6.07) is 12.2. The van der Waals surface area contributed by atoms with E-state index in [1.165, 1.54) is 37.0 Å². The summed E-state index contributed by atoms with van der Waals surface area (Å²) in [6.07, 6.45) is 11.0. The molecule has 3 fully saturated rings. The third kappa shape index (κ3) is 6.85. The largest absolute Gasteiger partial charge is 0.352 e. The number of rotatable bonds is 8. The molecule has 0 bridgehead atoms. The monoisotopic (exact) mass is 536 g/mol. The summed E-state index contributed by atoms with van der Waals surface area (Å²) in [4.78, 5) is 33.3. The minimum Gasteiger partial charge on any atom is -0.352 e. The lowest BCUT2D eigenvalue weighted by Crippen LogP contribution is -2.50. The molecule has 2 atom stereocenters. The van der Waals surface area contributed by atoms with Gasteiger partial charge in [-0.25, -0.2) is 0 Å². The van der Waals surface area contributed by atoms with Crippen LogP contribution < -0.4 is 11.1 Å². The molecule has 3 N–H and O–H groups in total. The van der Waals surface area contributed by atoms with Crippen LogP contribution in [-0.2, 0) is 11.3 Å². The van der Waals surface area contributed by atoms with E-state index in [1.807, 2.05) is 36.1 Å². The molecule has 2 aliphatic carbocycles. The second-order valence-electron chi connectivity index (χ2n) is 11.9. The van der Waals surface area contributed by atoms with Gasteiger partial charge in [0.15, 0.2) is 0 Å². The van der Waals surface area contributed by atoms with Gasteiger partial charge in [-0.15, -0.1) is 11.3 Å². The lowest BCUT2D eigenvalue weighted by Gasteiger charge is -2.33. The Labute approximate surface area is 232 Å². The minimum absolute atomic E-state index is 0.00201. The molecular weight excluding hydrogens is 492 g/mol. The quantitative estimate of drug-likeness (QED) is 0.492. The number of aryl methyl sites for hydroxylation is 1. The van der Waals surface area contributed by atoms with Crippen LogP contribution in [0.2, 0.25) is 0 Å². The summed E-state index contributed by atoms with van der Waals surface area (Å²) in [7, 11) is 0. The number of carbonyl (C=O) groups excluding carboxylic acids is 2. The van der Waals surface area contributed by atoms with E-state index >= 15 is 0 Å². The minimum atomic E-state index is -0.443. The highest BCUT2D eigenvalue weighted by molar-refractivity contribution is 7.09. The van der Waals surface area contributed by atoms with Crippen molar-refractivity contribution in [2.24, 2.45) is 11.7 Å². The number of amides is 2. The fraction of sp³-hybridized carbons (Fsp3) is 0.613. The molecule has 2 amide bonds. The van der Waals surface area contributed by atoms with Gasteiger partial charge in [0.05, 0.1) is 0 Å². The van der Waals surface area contributed by atoms with Crippen molar-refractivity contribution in [1.82, 2.24) is 15.1 Å². The molecule has 1 saturated heterocycles. The molecule has 1 aromatic heterocycles. The maximum absolute atomic E-state index is 13.8. The van der Waals surface area contributed by atoms with Gasteiger partial charge in [-0.1, -0.05) is 43.0 Å². The molecule has 38 heavy (non-hydrogen) atoms. The van der Waals surface area contributed by atoms with Gasteiger partial charge in [-0.05, 0) is 81.4 Å². The normalized spacial score (nSPS) is 26.6. The van der Waals surface area contributed by atoms with Crippen LogP contribution in [-0.4, -0.2) is 58.9 Å². The molecule has 2 unspecified atom stereocenters. The van der Waals surface area contributed by atoms with Crippen molar-refractivity contribution in [1.29, 1.82) is 0 Å². The third-order valence-electron chi connectivity index (χ3n) is 8.93. The standard InChI is InChI=1S/C31H44N4O2S/c1-22-9-11-24(12-10-22)31(37)35-20-27(18-29(35)30(36)33-26-15-13-25(32)14-16-26)34(21-28-8-5-17-38-28)19-23-6-3-2-4-7-23/h5,8-12,17,23,25-27,29H,2-4,6-7,13-16,18-21,32H2,1H3,(H,33,36). The number of thiophene rings is 1. The van der Waals surface area contributed by atoms with Crippen LogP contribution in [0, 0.1) is 12.8 Å². The molecule has 5 rings (SSSR count). The average Bonchev–Trinajstić information content (AvgIpc) is 3.61. The highest BCUT2D eigenvalue weighted by Crippen LogP contribution is 2.31.